The van der Waals surface area contributed by atoms with Crippen LogP contribution >= 0.6 is 0 Å². The molecule has 0 unspecified atom stereocenters. The third-order valence-corrected chi connectivity index (χ3v) is 4.46. The Bertz CT molecular complexity index is 530. The van der Waals surface area contributed by atoms with Gasteiger partial charge in [-0.15, -0.1) is 0 Å². The molecule has 112 valence electrons. The van der Waals surface area contributed by atoms with Crippen molar-refractivity contribution >= 4 is 15.7 Å². The lowest BCUT2D eigenvalue weighted by molar-refractivity contribution is 0.204. The van der Waals surface area contributed by atoms with E-state index in [1.165, 1.54) is 0 Å². The first-order valence-corrected chi connectivity index (χ1v) is 8.26. The molecule has 0 spiro atoms. The van der Waals surface area contributed by atoms with Crippen LogP contribution in [0.25, 0.3) is 0 Å². The van der Waals surface area contributed by atoms with Crippen molar-refractivity contribution in [2.24, 2.45) is 5.14 Å². The fourth-order valence-corrected chi connectivity index (χ4v) is 2.96. The molecule has 1 aliphatic rings. The maximum Gasteiger partial charge on any atom is 0.238 e. The minimum absolute atomic E-state index is 0.137. The summed E-state index contributed by atoms with van der Waals surface area (Å²) >= 11 is 0. The summed E-state index contributed by atoms with van der Waals surface area (Å²) in [4.78, 5) is 4.60. The molecule has 7 heteroatoms. The lowest BCUT2D eigenvalue weighted by Gasteiger charge is -2.23. The topological polar surface area (TPSA) is 86.9 Å². The Morgan fingerprint density at radius 3 is 2.40 bits per heavy atom. The summed E-state index contributed by atoms with van der Waals surface area (Å²) in [6.07, 6.45) is 1.02. The van der Waals surface area contributed by atoms with Crippen molar-refractivity contribution in [3.05, 3.63) is 24.3 Å². The molecule has 0 saturated carbocycles. The molecule has 1 aromatic carbocycles. The van der Waals surface area contributed by atoms with Gasteiger partial charge in [-0.3, -0.25) is 4.90 Å². The minimum Gasteiger partial charge on any atom is -0.395 e. The number of β-amino-alcohol motifs (C(OH)–C–C–N with tert-alkyl or cyclic N) is 1. The van der Waals surface area contributed by atoms with E-state index in [0.29, 0.717) is 6.54 Å². The van der Waals surface area contributed by atoms with Gasteiger partial charge in [0.1, 0.15) is 0 Å². The molecule has 0 bridgehead atoms. The third-order valence-electron chi connectivity index (χ3n) is 3.54. The molecular formula is C13H21N3O3S. The SMILES string of the molecule is NS(=O)(=O)c1ccc(N2CCCN(CCO)CC2)cc1. The van der Waals surface area contributed by atoms with Gasteiger partial charge in [-0.2, -0.15) is 0 Å². The Kier molecular flexibility index (Phi) is 4.98. The first kappa shape index (κ1) is 15.2. The zero-order valence-electron chi connectivity index (χ0n) is 11.4. The Morgan fingerprint density at radius 1 is 1.10 bits per heavy atom. The zero-order valence-corrected chi connectivity index (χ0v) is 12.2. The predicted molar refractivity (Wildman–Crippen MR) is 78.2 cm³/mol. The van der Waals surface area contributed by atoms with Gasteiger partial charge in [-0.25, -0.2) is 13.6 Å². The second-order valence-electron chi connectivity index (χ2n) is 4.94. The van der Waals surface area contributed by atoms with Crippen molar-refractivity contribution in [2.75, 3.05) is 44.2 Å². The number of benzene rings is 1. The number of nitrogens with zero attached hydrogens (tertiary/aromatic N) is 2. The molecule has 0 aliphatic carbocycles. The molecule has 3 N–H and O–H groups in total. The van der Waals surface area contributed by atoms with Crippen molar-refractivity contribution in [3.8, 4) is 0 Å². The van der Waals surface area contributed by atoms with Crippen LogP contribution < -0.4 is 10.0 Å². The van der Waals surface area contributed by atoms with Crippen LogP contribution in [0.2, 0.25) is 0 Å². The fourth-order valence-electron chi connectivity index (χ4n) is 2.44. The quantitative estimate of drug-likeness (QED) is 0.806. The average molecular weight is 299 g/mol. The van der Waals surface area contributed by atoms with Gasteiger partial charge in [0.05, 0.1) is 11.5 Å². The number of hydrogen-bond donors (Lipinski definition) is 2. The fraction of sp³-hybridized carbons (Fsp3) is 0.538. The Morgan fingerprint density at radius 2 is 1.80 bits per heavy atom. The van der Waals surface area contributed by atoms with Crippen LogP contribution in [-0.4, -0.2) is 57.8 Å². The van der Waals surface area contributed by atoms with E-state index in [-0.39, 0.29) is 11.5 Å². The van der Waals surface area contributed by atoms with Gasteiger partial charge in [0.2, 0.25) is 10.0 Å². The van der Waals surface area contributed by atoms with Gasteiger partial charge in [-0.1, -0.05) is 0 Å². The molecule has 6 nitrogen and oxygen atoms in total. The van der Waals surface area contributed by atoms with Crippen molar-refractivity contribution in [2.45, 2.75) is 11.3 Å². The second kappa shape index (κ2) is 6.53. The molecule has 1 fully saturated rings. The van der Waals surface area contributed by atoms with E-state index in [1.807, 2.05) is 0 Å². The first-order chi connectivity index (χ1) is 9.50. The summed E-state index contributed by atoms with van der Waals surface area (Å²) in [5.74, 6) is 0. The highest BCUT2D eigenvalue weighted by Gasteiger charge is 2.15. The highest BCUT2D eigenvalue weighted by Crippen LogP contribution is 2.19. The van der Waals surface area contributed by atoms with E-state index in [4.69, 9.17) is 10.2 Å². The second-order valence-corrected chi connectivity index (χ2v) is 6.51. The predicted octanol–water partition coefficient (Wildman–Crippen LogP) is -0.162. The van der Waals surface area contributed by atoms with Crippen LogP contribution in [0.5, 0.6) is 0 Å². The largest absolute Gasteiger partial charge is 0.395 e. The molecule has 2 rings (SSSR count). The lowest BCUT2D eigenvalue weighted by Crippen LogP contribution is -2.32. The van der Waals surface area contributed by atoms with Crippen LogP contribution in [-0.2, 0) is 10.0 Å². The number of aliphatic hydroxyl groups excluding tert-OH is 1. The number of rotatable bonds is 4. The van der Waals surface area contributed by atoms with Crippen molar-refractivity contribution < 1.29 is 13.5 Å². The van der Waals surface area contributed by atoms with Gasteiger partial charge in [0.25, 0.3) is 0 Å². The minimum atomic E-state index is -3.63. The maximum absolute atomic E-state index is 11.2. The summed E-state index contributed by atoms with van der Waals surface area (Å²) in [5.41, 5.74) is 1.00. The van der Waals surface area contributed by atoms with Crippen LogP contribution in [0, 0.1) is 0 Å². The molecule has 20 heavy (non-hydrogen) atoms. The average Bonchev–Trinajstić information content (AvgIpc) is 2.64. The van der Waals surface area contributed by atoms with E-state index in [2.05, 4.69) is 9.80 Å². The van der Waals surface area contributed by atoms with Gasteiger partial charge in [0, 0.05) is 31.9 Å². The van der Waals surface area contributed by atoms with Gasteiger partial charge in [0.15, 0.2) is 0 Å². The summed E-state index contributed by atoms with van der Waals surface area (Å²) in [5, 5.41) is 14.1. The van der Waals surface area contributed by atoms with Crippen LogP contribution in [0.3, 0.4) is 0 Å². The molecular weight excluding hydrogens is 278 g/mol. The highest BCUT2D eigenvalue weighted by molar-refractivity contribution is 7.89. The number of nitrogens with two attached hydrogens (primary N) is 1. The summed E-state index contributed by atoms with van der Waals surface area (Å²) in [7, 11) is -3.63. The Balaban J connectivity index is 2.05. The van der Waals surface area contributed by atoms with Gasteiger partial charge < -0.3 is 10.0 Å². The van der Waals surface area contributed by atoms with E-state index < -0.39 is 10.0 Å². The standard InChI is InChI=1S/C13H21N3O3S/c14-20(18,19)13-4-2-12(3-5-13)16-7-1-6-15(8-9-16)10-11-17/h2-5,17H,1,6-11H2,(H2,14,18,19). The molecule has 0 aromatic heterocycles. The third kappa shape index (κ3) is 3.92. The molecule has 0 radical (unpaired) electrons. The van der Waals surface area contributed by atoms with E-state index in [1.54, 1.807) is 24.3 Å². The normalized spacial score (nSPS) is 18.0. The molecule has 1 aromatic rings. The Labute approximate surface area is 119 Å². The number of aliphatic hydroxyl groups is 1. The summed E-state index contributed by atoms with van der Waals surface area (Å²) in [6, 6.07) is 6.67. The summed E-state index contributed by atoms with van der Waals surface area (Å²) in [6.45, 7) is 4.57. The molecule has 1 aliphatic heterocycles. The smallest absolute Gasteiger partial charge is 0.238 e. The number of anilines is 1. The number of sulfonamides is 1. The van der Waals surface area contributed by atoms with Gasteiger partial charge in [-0.05, 0) is 37.2 Å². The van der Waals surface area contributed by atoms with Crippen molar-refractivity contribution in [1.82, 2.24) is 4.90 Å². The Hall–Kier alpha value is -1.15. The van der Waals surface area contributed by atoms with Crippen molar-refractivity contribution in [1.29, 1.82) is 0 Å². The highest BCUT2D eigenvalue weighted by atomic mass is 32.2. The lowest BCUT2D eigenvalue weighted by atomic mass is 10.2. The number of primary sulfonamides is 1. The molecule has 0 amide bonds. The molecule has 1 heterocycles. The molecule has 1 saturated heterocycles. The summed E-state index contributed by atoms with van der Waals surface area (Å²) < 4.78 is 22.4. The van der Waals surface area contributed by atoms with Crippen LogP contribution in [0.15, 0.2) is 29.2 Å². The first-order valence-electron chi connectivity index (χ1n) is 6.72. The van der Waals surface area contributed by atoms with Crippen molar-refractivity contribution in [3.63, 3.8) is 0 Å². The van der Waals surface area contributed by atoms with Gasteiger partial charge >= 0.3 is 0 Å². The molecule has 0 atom stereocenters. The van der Waals surface area contributed by atoms with Crippen LogP contribution in [0.1, 0.15) is 6.42 Å². The van der Waals surface area contributed by atoms with E-state index >= 15 is 0 Å². The van der Waals surface area contributed by atoms with E-state index in [9.17, 15) is 8.42 Å². The number of hydrogen-bond acceptors (Lipinski definition) is 5. The monoisotopic (exact) mass is 299 g/mol. The van der Waals surface area contributed by atoms with Crippen LogP contribution in [0.4, 0.5) is 5.69 Å². The maximum atomic E-state index is 11.2. The zero-order chi connectivity index (χ0) is 14.6. The van der Waals surface area contributed by atoms with E-state index in [0.717, 1.165) is 38.3 Å².